The molecule has 0 aliphatic carbocycles. The highest BCUT2D eigenvalue weighted by Crippen LogP contribution is 2.33. The summed E-state index contributed by atoms with van der Waals surface area (Å²) in [5, 5.41) is 14.0. The van der Waals surface area contributed by atoms with Crippen molar-refractivity contribution in [3.05, 3.63) is 161 Å². The Balaban J connectivity index is 0.000000167. The van der Waals surface area contributed by atoms with E-state index in [-0.39, 0.29) is 11.5 Å². The van der Waals surface area contributed by atoms with Gasteiger partial charge in [-0.05, 0) is 90.2 Å². The Morgan fingerprint density at radius 2 is 1.06 bits per heavy atom. The van der Waals surface area contributed by atoms with E-state index in [0.29, 0.717) is 24.8 Å². The van der Waals surface area contributed by atoms with E-state index in [0.717, 1.165) is 138 Å². The number of hydrogen-bond donors (Lipinski definition) is 4. The molecule has 0 saturated carbocycles. The second-order valence-electron chi connectivity index (χ2n) is 17.8. The number of benzene rings is 5. The minimum atomic E-state index is -0.977. The van der Waals surface area contributed by atoms with E-state index >= 15 is 0 Å². The van der Waals surface area contributed by atoms with E-state index in [1.807, 2.05) is 48.5 Å². The van der Waals surface area contributed by atoms with Gasteiger partial charge in [0.2, 0.25) is 5.91 Å². The first-order chi connectivity index (χ1) is 34.5. The number of hydrogen-bond acceptors (Lipinski definition) is 10. The van der Waals surface area contributed by atoms with Crippen LogP contribution in [0.2, 0.25) is 0 Å². The molecule has 2 aliphatic rings. The molecule has 0 radical (unpaired) electrons. The zero-order valence-electron chi connectivity index (χ0n) is 38.5. The number of amides is 1. The molecule has 0 spiro atoms. The van der Waals surface area contributed by atoms with Crippen molar-refractivity contribution in [3.63, 3.8) is 0 Å². The third kappa shape index (κ3) is 10.5. The van der Waals surface area contributed by atoms with Crippen LogP contribution in [0, 0.1) is 23.3 Å². The number of nitrogens with one attached hydrogen (secondary N) is 3. The van der Waals surface area contributed by atoms with Gasteiger partial charge in [-0.3, -0.25) is 14.6 Å². The van der Waals surface area contributed by atoms with Crippen molar-refractivity contribution in [2.75, 3.05) is 80.6 Å². The fourth-order valence-corrected chi connectivity index (χ4v) is 9.37. The molecule has 0 unspecified atom stereocenters. The molecule has 14 nitrogen and oxygen atoms in total. The number of carbonyl (C=O) groups excluding carboxylic acids is 1. The Bertz CT molecular complexity index is 3390. The molecule has 0 bridgehead atoms. The van der Waals surface area contributed by atoms with E-state index in [1.54, 1.807) is 36.7 Å². The monoisotopic (exact) mass is 963 g/mol. The fraction of sp³-hybridized carbons (Fsp3) is 0.245. The lowest BCUT2D eigenvalue weighted by atomic mass is 10.1. The zero-order chi connectivity index (χ0) is 49.0. The topological polar surface area (TPSA) is 162 Å². The summed E-state index contributed by atoms with van der Waals surface area (Å²) < 4.78 is 53.2. The fourth-order valence-electron chi connectivity index (χ4n) is 9.37. The maximum atomic E-state index is 13.5. The number of aromatic amines is 2. The highest BCUT2D eigenvalue weighted by atomic mass is 19.2. The van der Waals surface area contributed by atoms with Crippen LogP contribution in [0.4, 0.5) is 34.9 Å². The molecule has 2 fully saturated rings. The van der Waals surface area contributed by atoms with Crippen molar-refractivity contribution in [1.29, 1.82) is 0 Å². The lowest BCUT2D eigenvalue weighted by Crippen LogP contribution is -2.47. The number of aromatic carboxylic acids is 1. The van der Waals surface area contributed by atoms with Crippen LogP contribution in [0.3, 0.4) is 0 Å². The minimum Gasteiger partial charge on any atom is -0.478 e. The van der Waals surface area contributed by atoms with E-state index < -0.39 is 29.2 Å². The number of anilines is 3. The number of carboxylic acids is 1. The molecule has 6 heterocycles. The van der Waals surface area contributed by atoms with Crippen molar-refractivity contribution in [3.8, 4) is 0 Å². The number of halogens is 4. The number of H-pyrrole nitrogens is 2. The summed E-state index contributed by atoms with van der Waals surface area (Å²) in [5.41, 5.74) is 8.40. The summed E-state index contributed by atoms with van der Waals surface area (Å²) >= 11 is 0. The van der Waals surface area contributed by atoms with Crippen LogP contribution in [0.15, 0.2) is 116 Å². The van der Waals surface area contributed by atoms with Crippen molar-refractivity contribution < 1.29 is 32.3 Å². The molecule has 18 heteroatoms. The predicted molar refractivity (Wildman–Crippen MR) is 266 cm³/mol. The second kappa shape index (κ2) is 20.6. The maximum Gasteiger partial charge on any atom is 0.335 e. The van der Waals surface area contributed by atoms with Crippen molar-refractivity contribution in [2.45, 2.75) is 19.3 Å². The zero-order valence-corrected chi connectivity index (χ0v) is 38.5. The van der Waals surface area contributed by atoms with Crippen LogP contribution in [-0.2, 0) is 24.1 Å². The number of piperazine rings is 2. The summed E-state index contributed by atoms with van der Waals surface area (Å²) in [5.74, 6) is -2.65. The molecule has 9 aromatic rings. The first-order valence-electron chi connectivity index (χ1n) is 23.5. The molecule has 2 aliphatic heterocycles. The SMILES string of the molecule is O=C(Cc1ccccc1)Nc1ccc2[nH]c3c(N4CCN(CCc5ccc(F)c(F)c5)CC4)ncnc3c2c1.O=C(O)c1ccc2[nH]c3c(N4CCN(CCc5ccc(F)c(F)c5)CC4)ncnc3c2c1. The third-order valence-corrected chi connectivity index (χ3v) is 13.2. The van der Waals surface area contributed by atoms with Crippen LogP contribution in [-0.4, -0.2) is 122 Å². The number of aromatic nitrogens is 6. The summed E-state index contributed by atoms with van der Waals surface area (Å²) in [6.45, 7) is 7.97. The highest BCUT2D eigenvalue weighted by Gasteiger charge is 2.24. The van der Waals surface area contributed by atoms with Gasteiger partial charge in [0.25, 0.3) is 0 Å². The molecule has 0 atom stereocenters. The molecule has 71 heavy (non-hydrogen) atoms. The lowest BCUT2D eigenvalue weighted by molar-refractivity contribution is -0.115. The van der Waals surface area contributed by atoms with Gasteiger partial charge in [0.15, 0.2) is 34.9 Å². The maximum absolute atomic E-state index is 13.5. The van der Waals surface area contributed by atoms with Gasteiger partial charge in [0, 0.05) is 92.9 Å². The average molecular weight is 964 g/mol. The molecule has 4 N–H and O–H groups in total. The van der Waals surface area contributed by atoms with Gasteiger partial charge in [-0.1, -0.05) is 42.5 Å². The van der Waals surface area contributed by atoms with Gasteiger partial charge >= 0.3 is 5.97 Å². The van der Waals surface area contributed by atoms with Crippen LogP contribution in [0.25, 0.3) is 43.9 Å². The Kier molecular flexibility index (Phi) is 13.5. The molecular formula is C53H49F4N11O3. The van der Waals surface area contributed by atoms with E-state index in [2.05, 4.69) is 54.8 Å². The summed E-state index contributed by atoms with van der Waals surface area (Å²) in [7, 11) is 0. The van der Waals surface area contributed by atoms with Crippen molar-refractivity contribution >= 4 is 73.1 Å². The summed E-state index contributed by atoms with van der Waals surface area (Å²) in [6, 6.07) is 28.5. The average Bonchev–Trinajstić information content (AvgIpc) is 3.96. The molecule has 2 saturated heterocycles. The first-order valence-corrected chi connectivity index (χ1v) is 23.5. The predicted octanol–water partition coefficient (Wildman–Crippen LogP) is 8.39. The second-order valence-corrected chi connectivity index (χ2v) is 17.8. The first kappa shape index (κ1) is 46.8. The van der Waals surface area contributed by atoms with Gasteiger partial charge in [-0.25, -0.2) is 42.3 Å². The molecule has 362 valence electrons. The van der Waals surface area contributed by atoms with Crippen molar-refractivity contribution in [2.24, 2.45) is 0 Å². The van der Waals surface area contributed by atoms with E-state index in [4.69, 9.17) is 0 Å². The van der Waals surface area contributed by atoms with Crippen LogP contribution >= 0.6 is 0 Å². The number of rotatable bonds is 12. The van der Waals surface area contributed by atoms with Crippen LogP contribution < -0.4 is 15.1 Å². The Hall–Kier alpha value is -7.96. The molecule has 1 amide bonds. The van der Waals surface area contributed by atoms with Crippen LogP contribution in [0.1, 0.15) is 27.0 Å². The normalized spacial score (nSPS) is 14.6. The van der Waals surface area contributed by atoms with E-state index in [9.17, 15) is 32.3 Å². The van der Waals surface area contributed by atoms with E-state index in [1.165, 1.54) is 30.6 Å². The van der Waals surface area contributed by atoms with Gasteiger partial charge in [-0.2, -0.15) is 0 Å². The summed E-state index contributed by atoms with van der Waals surface area (Å²) in [4.78, 5) is 57.8. The lowest BCUT2D eigenvalue weighted by Gasteiger charge is -2.35. The number of nitrogens with zero attached hydrogens (tertiary/aromatic N) is 8. The van der Waals surface area contributed by atoms with Crippen LogP contribution in [0.5, 0.6) is 0 Å². The number of fused-ring (bicyclic) bond motifs is 6. The Morgan fingerprint density at radius 1 is 0.549 bits per heavy atom. The molecular weight excluding hydrogens is 915 g/mol. The smallest absolute Gasteiger partial charge is 0.335 e. The quantitative estimate of drug-likeness (QED) is 0.0871. The molecule has 4 aromatic heterocycles. The largest absolute Gasteiger partial charge is 0.478 e. The number of carboxylic acid groups (broad SMARTS) is 1. The Labute approximate surface area is 405 Å². The van der Waals surface area contributed by atoms with Gasteiger partial charge < -0.3 is 30.2 Å². The van der Waals surface area contributed by atoms with Crippen molar-refractivity contribution in [1.82, 2.24) is 39.7 Å². The van der Waals surface area contributed by atoms with Gasteiger partial charge in [-0.15, -0.1) is 0 Å². The highest BCUT2D eigenvalue weighted by molar-refractivity contribution is 6.11. The van der Waals surface area contributed by atoms with Gasteiger partial charge in [0.1, 0.15) is 34.7 Å². The summed E-state index contributed by atoms with van der Waals surface area (Å²) in [6.07, 6.45) is 4.73. The molecule has 11 rings (SSSR count). The standard InChI is InChI=1S/C30H28F2N6O.C23H21F2N5O2/c31-24-8-6-21(16-25(24)32)10-11-37-12-14-38(15-13-37)30-29-28(33-19-34-30)23-18-22(7-9-26(23)36-29)35-27(39)17-20-4-2-1-3-5-20;24-17-3-1-14(11-18(17)25)5-6-29-7-9-30(10-8-29)22-21-20(26-13-27-22)16-12-15(23(31)32)2-4-19(16)28-21/h1-9,16,18-19,36H,10-15,17H2,(H,35,39);1-4,11-13,28H,5-10H2,(H,31,32). The third-order valence-electron chi connectivity index (χ3n) is 13.2. The molecule has 5 aromatic carbocycles. The number of carbonyl (C=O) groups is 2. The Morgan fingerprint density at radius 3 is 1.56 bits per heavy atom. The minimum absolute atomic E-state index is 0.0712. The van der Waals surface area contributed by atoms with Gasteiger partial charge in [0.05, 0.1) is 12.0 Å².